The van der Waals surface area contributed by atoms with E-state index in [1.54, 1.807) is 7.11 Å². The second-order valence-corrected chi connectivity index (χ2v) is 3.52. The Labute approximate surface area is 86.4 Å². The highest BCUT2D eigenvalue weighted by atomic mass is 16.5. The van der Waals surface area contributed by atoms with Crippen LogP contribution >= 0.6 is 0 Å². The summed E-state index contributed by atoms with van der Waals surface area (Å²) in [4.78, 5) is 0. The third-order valence-corrected chi connectivity index (χ3v) is 2.22. The van der Waals surface area contributed by atoms with Gasteiger partial charge in [0.1, 0.15) is 5.75 Å². The predicted molar refractivity (Wildman–Crippen MR) is 60.7 cm³/mol. The van der Waals surface area contributed by atoms with Crippen LogP contribution in [0.15, 0.2) is 36.4 Å². The summed E-state index contributed by atoms with van der Waals surface area (Å²) in [7, 11) is 1.69. The summed E-state index contributed by atoms with van der Waals surface area (Å²) < 4.78 is 5.10. The third kappa shape index (κ3) is 3.25. The molecule has 14 heavy (non-hydrogen) atoms. The van der Waals surface area contributed by atoms with E-state index < -0.39 is 0 Å². The van der Waals surface area contributed by atoms with Crippen molar-refractivity contribution < 1.29 is 4.74 Å². The first-order valence-electron chi connectivity index (χ1n) is 5.06. The van der Waals surface area contributed by atoms with Gasteiger partial charge in [0.2, 0.25) is 0 Å². The summed E-state index contributed by atoms with van der Waals surface area (Å²) in [6, 6.07) is 8.18. The highest BCUT2D eigenvalue weighted by molar-refractivity contribution is 5.29. The van der Waals surface area contributed by atoms with Crippen LogP contribution in [0.25, 0.3) is 0 Å². The fraction of sp³-hybridized carbons (Fsp3) is 0.385. The van der Waals surface area contributed by atoms with Crippen molar-refractivity contribution in [3.63, 3.8) is 0 Å². The van der Waals surface area contributed by atoms with Crippen LogP contribution in [0.5, 0.6) is 5.75 Å². The van der Waals surface area contributed by atoms with Gasteiger partial charge in [0.25, 0.3) is 0 Å². The second kappa shape index (κ2) is 5.48. The monoisotopic (exact) mass is 190 g/mol. The number of rotatable bonds is 5. The molecule has 0 aliphatic heterocycles. The quantitative estimate of drug-likeness (QED) is 0.645. The lowest BCUT2D eigenvalue weighted by Crippen LogP contribution is -1.89. The summed E-state index contributed by atoms with van der Waals surface area (Å²) in [5, 5.41) is 0. The lowest BCUT2D eigenvalue weighted by molar-refractivity contribution is 0.414. The van der Waals surface area contributed by atoms with Crippen LogP contribution in [0.1, 0.15) is 25.3 Å². The molecule has 0 saturated carbocycles. The van der Waals surface area contributed by atoms with Crippen LogP contribution < -0.4 is 4.74 Å². The SMILES string of the molecule is C=C(CCC)Cc1ccc(OC)cc1. The molecular formula is C13H18O. The van der Waals surface area contributed by atoms with Crippen LogP contribution in [0, 0.1) is 0 Å². The first-order chi connectivity index (χ1) is 6.76. The molecule has 0 saturated heterocycles. The van der Waals surface area contributed by atoms with Crippen molar-refractivity contribution in [1.29, 1.82) is 0 Å². The Kier molecular flexibility index (Phi) is 4.24. The Morgan fingerprint density at radius 3 is 2.43 bits per heavy atom. The average Bonchev–Trinajstić information content (AvgIpc) is 2.19. The summed E-state index contributed by atoms with van der Waals surface area (Å²) in [5.41, 5.74) is 2.61. The Bertz CT molecular complexity index is 285. The molecule has 1 rings (SSSR count). The Morgan fingerprint density at radius 1 is 1.29 bits per heavy atom. The number of allylic oxidation sites excluding steroid dienone is 1. The Morgan fingerprint density at radius 2 is 1.93 bits per heavy atom. The van der Waals surface area contributed by atoms with Crippen LogP contribution in [0.3, 0.4) is 0 Å². The molecule has 1 aromatic rings. The van der Waals surface area contributed by atoms with Crippen molar-refractivity contribution in [2.45, 2.75) is 26.2 Å². The van der Waals surface area contributed by atoms with E-state index in [2.05, 4.69) is 25.6 Å². The number of hydrogen-bond donors (Lipinski definition) is 0. The molecule has 0 aromatic heterocycles. The normalized spacial score (nSPS) is 9.86. The van der Waals surface area contributed by atoms with Crippen LogP contribution in [0.4, 0.5) is 0 Å². The summed E-state index contributed by atoms with van der Waals surface area (Å²) >= 11 is 0. The van der Waals surface area contributed by atoms with Gasteiger partial charge < -0.3 is 4.74 Å². The molecule has 1 aromatic carbocycles. The molecule has 0 aliphatic carbocycles. The molecule has 0 fully saturated rings. The topological polar surface area (TPSA) is 9.23 Å². The fourth-order valence-corrected chi connectivity index (χ4v) is 1.47. The van der Waals surface area contributed by atoms with Crippen molar-refractivity contribution in [2.75, 3.05) is 7.11 Å². The molecular weight excluding hydrogens is 172 g/mol. The zero-order valence-electron chi connectivity index (χ0n) is 9.05. The maximum Gasteiger partial charge on any atom is 0.118 e. The van der Waals surface area contributed by atoms with Crippen LogP contribution in [0.2, 0.25) is 0 Å². The molecule has 0 spiro atoms. The number of benzene rings is 1. The molecule has 0 radical (unpaired) electrons. The maximum atomic E-state index is 5.10. The highest BCUT2D eigenvalue weighted by Crippen LogP contribution is 2.15. The molecule has 0 heterocycles. The van der Waals surface area contributed by atoms with Crippen molar-refractivity contribution in [1.82, 2.24) is 0 Å². The van der Waals surface area contributed by atoms with E-state index in [0.717, 1.165) is 18.6 Å². The molecule has 1 heteroatoms. The van der Waals surface area contributed by atoms with Crippen molar-refractivity contribution >= 4 is 0 Å². The van der Waals surface area contributed by atoms with Gasteiger partial charge in [0.15, 0.2) is 0 Å². The van der Waals surface area contributed by atoms with Crippen molar-refractivity contribution in [3.8, 4) is 5.75 Å². The molecule has 0 unspecified atom stereocenters. The first-order valence-corrected chi connectivity index (χ1v) is 5.06. The number of hydrogen-bond acceptors (Lipinski definition) is 1. The maximum absolute atomic E-state index is 5.10. The smallest absolute Gasteiger partial charge is 0.118 e. The van der Waals surface area contributed by atoms with Gasteiger partial charge in [-0.15, -0.1) is 0 Å². The van der Waals surface area contributed by atoms with Gasteiger partial charge in [0.05, 0.1) is 7.11 Å². The minimum absolute atomic E-state index is 0.912. The first kappa shape index (κ1) is 10.8. The molecule has 0 atom stereocenters. The largest absolute Gasteiger partial charge is 0.497 e. The molecule has 0 amide bonds. The summed E-state index contributed by atoms with van der Waals surface area (Å²) in [6.07, 6.45) is 3.28. The van der Waals surface area contributed by atoms with Gasteiger partial charge >= 0.3 is 0 Å². The van der Waals surface area contributed by atoms with E-state index in [9.17, 15) is 0 Å². The minimum Gasteiger partial charge on any atom is -0.497 e. The molecule has 76 valence electrons. The van der Waals surface area contributed by atoms with E-state index in [4.69, 9.17) is 4.74 Å². The van der Waals surface area contributed by atoms with E-state index in [-0.39, 0.29) is 0 Å². The molecule has 1 nitrogen and oxygen atoms in total. The highest BCUT2D eigenvalue weighted by Gasteiger charge is 1.97. The van der Waals surface area contributed by atoms with Crippen LogP contribution in [-0.4, -0.2) is 7.11 Å². The zero-order valence-corrected chi connectivity index (χ0v) is 9.05. The fourth-order valence-electron chi connectivity index (χ4n) is 1.47. The lowest BCUT2D eigenvalue weighted by atomic mass is 10.0. The molecule has 0 N–H and O–H groups in total. The predicted octanol–water partition coefficient (Wildman–Crippen LogP) is 3.59. The van der Waals surface area contributed by atoms with Gasteiger partial charge in [-0.2, -0.15) is 0 Å². The third-order valence-electron chi connectivity index (χ3n) is 2.22. The lowest BCUT2D eigenvalue weighted by Gasteiger charge is -2.05. The second-order valence-electron chi connectivity index (χ2n) is 3.52. The standard InChI is InChI=1S/C13H18O/c1-4-5-11(2)10-12-6-8-13(14-3)9-7-12/h6-9H,2,4-5,10H2,1,3H3. The van der Waals surface area contributed by atoms with Gasteiger partial charge in [0, 0.05) is 0 Å². The van der Waals surface area contributed by atoms with E-state index in [1.807, 2.05) is 12.1 Å². The molecule has 0 bridgehead atoms. The van der Waals surface area contributed by atoms with E-state index in [1.165, 1.54) is 17.6 Å². The van der Waals surface area contributed by atoms with E-state index >= 15 is 0 Å². The zero-order chi connectivity index (χ0) is 10.4. The van der Waals surface area contributed by atoms with Crippen molar-refractivity contribution in [3.05, 3.63) is 42.0 Å². The summed E-state index contributed by atoms with van der Waals surface area (Å²) in [5.74, 6) is 0.912. The van der Waals surface area contributed by atoms with Gasteiger partial charge in [-0.05, 0) is 30.5 Å². The van der Waals surface area contributed by atoms with Gasteiger partial charge in [-0.1, -0.05) is 37.6 Å². The van der Waals surface area contributed by atoms with Crippen molar-refractivity contribution in [2.24, 2.45) is 0 Å². The Balaban J connectivity index is 2.55. The summed E-state index contributed by atoms with van der Waals surface area (Å²) in [6.45, 7) is 6.23. The van der Waals surface area contributed by atoms with Gasteiger partial charge in [-0.25, -0.2) is 0 Å². The number of methoxy groups -OCH3 is 1. The number of ether oxygens (including phenoxy) is 1. The average molecular weight is 190 g/mol. The minimum atomic E-state index is 0.912. The Hall–Kier alpha value is -1.24. The van der Waals surface area contributed by atoms with E-state index in [0.29, 0.717) is 0 Å². The van der Waals surface area contributed by atoms with Gasteiger partial charge in [-0.3, -0.25) is 0 Å². The van der Waals surface area contributed by atoms with Crippen LogP contribution in [-0.2, 0) is 6.42 Å². The molecule has 0 aliphatic rings.